The van der Waals surface area contributed by atoms with E-state index < -0.39 is 5.97 Å². The number of nitrogens with zero attached hydrogens (tertiary/aromatic N) is 4. The molecule has 10 nitrogen and oxygen atoms in total. The number of aromatic amines is 2. The molecule has 0 spiro atoms. The van der Waals surface area contributed by atoms with Crippen LogP contribution in [0.3, 0.4) is 0 Å². The molecule has 0 aliphatic carbocycles. The second-order valence-electron chi connectivity index (χ2n) is 11.5. The first-order valence-electron chi connectivity index (χ1n) is 14.5. The van der Waals surface area contributed by atoms with Gasteiger partial charge in [-0.3, -0.25) is 4.79 Å². The summed E-state index contributed by atoms with van der Waals surface area (Å²) in [4.78, 5) is 43.6. The molecule has 214 valence electrons. The lowest BCUT2D eigenvalue weighted by Crippen LogP contribution is -2.53. The zero-order valence-corrected chi connectivity index (χ0v) is 23.2. The number of para-hydroxylation sites is 2. The molecule has 3 fully saturated rings. The number of imidazole rings is 2. The molecule has 3 aromatic heterocycles. The van der Waals surface area contributed by atoms with Gasteiger partial charge in [0.1, 0.15) is 11.4 Å². The number of anilines is 1. The maximum absolute atomic E-state index is 13.9. The number of aromatic carboxylic acids is 1. The summed E-state index contributed by atoms with van der Waals surface area (Å²) in [5.74, 6) is 0.0623. The third-order valence-corrected chi connectivity index (χ3v) is 8.97. The number of benzene rings is 3. The van der Waals surface area contributed by atoms with Crippen LogP contribution in [0.5, 0.6) is 0 Å². The van der Waals surface area contributed by atoms with Gasteiger partial charge in [-0.05, 0) is 73.8 Å². The van der Waals surface area contributed by atoms with Crippen molar-refractivity contribution in [3.63, 3.8) is 0 Å². The standard InChI is InChI=1S/C33H29N7O3/c41-32-29(31-36-24-3-1-2-4-25(24)37-31)30(35-27-17-39-12-9-20(27)10-13-39)23-15-22(19-5-7-21(8-6-19)33(42)43)28(16-26(23)38-32)40-14-11-34-18-40/h1-8,11,14-16,18,20,27H,9-10,12-13,17H2,(H,36,37)(H,42,43)(H2,35,38,41)/t27-/m1/s1. The van der Waals surface area contributed by atoms with E-state index in [0.29, 0.717) is 22.8 Å². The molecule has 6 heterocycles. The molecule has 6 aromatic rings. The van der Waals surface area contributed by atoms with E-state index in [-0.39, 0.29) is 17.2 Å². The second-order valence-corrected chi connectivity index (χ2v) is 11.5. The molecule has 2 bridgehead atoms. The Bertz CT molecular complexity index is 2020. The van der Waals surface area contributed by atoms with Crippen molar-refractivity contribution >= 4 is 33.6 Å². The van der Waals surface area contributed by atoms with Crippen molar-refractivity contribution < 1.29 is 9.90 Å². The van der Waals surface area contributed by atoms with Crippen LogP contribution in [0, 0.1) is 5.92 Å². The second kappa shape index (κ2) is 9.95. The molecular weight excluding hydrogens is 542 g/mol. The maximum Gasteiger partial charge on any atom is 0.335 e. The van der Waals surface area contributed by atoms with Crippen LogP contribution in [0.15, 0.2) is 84.2 Å². The van der Waals surface area contributed by atoms with Gasteiger partial charge in [0.05, 0.1) is 39.8 Å². The quantitative estimate of drug-likeness (QED) is 0.218. The van der Waals surface area contributed by atoms with Crippen LogP contribution in [0.1, 0.15) is 23.2 Å². The van der Waals surface area contributed by atoms with Crippen molar-refractivity contribution in [3.05, 3.63) is 95.3 Å². The molecule has 0 radical (unpaired) electrons. The summed E-state index contributed by atoms with van der Waals surface area (Å²) in [7, 11) is 0. The van der Waals surface area contributed by atoms with E-state index in [1.54, 1.807) is 24.7 Å². The van der Waals surface area contributed by atoms with Gasteiger partial charge in [0.15, 0.2) is 0 Å². The summed E-state index contributed by atoms with van der Waals surface area (Å²) in [5, 5.41) is 14.2. The smallest absolute Gasteiger partial charge is 0.335 e. The number of rotatable bonds is 6. The Kier molecular flexibility index (Phi) is 5.90. The fourth-order valence-electron chi connectivity index (χ4n) is 6.73. The lowest BCUT2D eigenvalue weighted by molar-refractivity contribution is 0.0697. The predicted molar refractivity (Wildman–Crippen MR) is 166 cm³/mol. The summed E-state index contributed by atoms with van der Waals surface area (Å²) in [6.07, 6.45) is 7.53. The van der Waals surface area contributed by atoms with Crippen LogP contribution in [0.4, 0.5) is 5.69 Å². The van der Waals surface area contributed by atoms with Crippen molar-refractivity contribution in [1.82, 2.24) is 29.4 Å². The molecule has 0 unspecified atom stereocenters. The highest BCUT2D eigenvalue weighted by Crippen LogP contribution is 2.39. The van der Waals surface area contributed by atoms with Gasteiger partial charge >= 0.3 is 5.97 Å². The number of aromatic nitrogens is 5. The lowest BCUT2D eigenvalue weighted by Gasteiger charge is -2.45. The minimum atomic E-state index is -0.975. The van der Waals surface area contributed by atoms with Gasteiger partial charge < -0.3 is 29.9 Å². The molecule has 1 atom stereocenters. The fourth-order valence-corrected chi connectivity index (χ4v) is 6.73. The Labute approximate surface area is 246 Å². The molecule has 3 aliphatic rings. The monoisotopic (exact) mass is 571 g/mol. The van der Waals surface area contributed by atoms with Crippen LogP contribution in [0.2, 0.25) is 0 Å². The summed E-state index contributed by atoms with van der Waals surface area (Å²) >= 11 is 0. The molecule has 0 amide bonds. The zero-order chi connectivity index (χ0) is 29.1. The van der Waals surface area contributed by atoms with Crippen molar-refractivity contribution in [3.8, 4) is 28.2 Å². The van der Waals surface area contributed by atoms with Crippen molar-refractivity contribution in [1.29, 1.82) is 0 Å². The summed E-state index contributed by atoms with van der Waals surface area (Å²) in [6, 6.07) is 18.9. The Morgan fingerprint density at radius 1 is 1.00 bits per heavy atom. The molecule has 3 aromatic carbocycles. The Balaban J connectivity index is 1.38. The predicted octanol–water partition coefficient (Wildman–Crippen LogP) is 5.13. The maximum atomic E-state index is 13.9. The van der Waals surface area contributed by atoms with E-state index in [0.717, 1.165) is 71.4 Å². The molecule has 10 heteroatoms. The fraction of sp³-hybridized carbons (Fsp3) is 0.212. The molecule has 3 saturated heterocycles. The number of carboxylic acids is 1. The summed E-state index contributed by atoms with van der Waals surface area (Å²) in [5.41, 5.74) is 6.08. The highest BCUT2D eigenvalue weighted by atomic mass is 16.4. The SMILES string of the molecule is O=C(O)c1ccc(-c2cc3c(N[C@@H]4CN5CCC4CC5)c(-c4nc5ccccc5[nH]4)c(=O)[nH]c3cc2-n2ccnc2)cc1. The Morgan fingerprint density at radius 2 is 1.81 bits per heavy atom. The van der Waals surface area contributed by atoms with Crippen molar-refractivity contribution in [2.75, 3.05) is 25.0 Å². The van der Waals surface area contributed by atoms with Crippen molar-refractivity contribution in [2.24, 2.45) is 5.92 Å². The largest absolute Gasteiger partial charge is 0.478 e. The van der Waals surface area contributed by atoms with E-state index in [9.17, 15) is 14.7 Å². The minimum absolute atomic E-state index is 0.197. The van der Waals surface area contributed by atoms with Crippen molar-refractivity contribution in [2.45, 2.75) is 18.9 Å². The van der Waals surface area contributed by atoms with Gasteiger partial charge in [-0.1, -0.05) is 24.3 Å². The summed E-state index contributed by atoms with van der Waals surface area (Å²) in [6.45, 7) is 3.15. The first-order chi connectivity index (χ1) is 21.0. The Hall–Kier alpha value is -5.22. The topological polar surface area (TPSA) is 132 Å². The van der Waals surface area contributed by atoms with E-state index in [1.165, 1.54) is 0 Å². The normalized spacial score (nSPS) is 19.7. The summed E-state index contributed by atoms with van der Waals surface area (Å²) < 4.78 is 1.89. The van der Waals surface area contributed by atoms with Crippen LogP contribution in [-0.4, -0.2) is 66.2 Å². The molecule has 9 rings (SSSR count). The number of H-pyrrole nitrogens is 2. The first kappa shape index (κ1) is 25.5. The first-order valence-corrected chi connectivity index (χ1v) is 14.5. The van der Waals surface area contributed by atoms with Gasteiger partial charge in [-0.15, -0.1) is 0 Å². The van der Waals surface area contributed by atoms with Crippen LogP contribution >= 0.6 is 0 Å². The number of piperidine rings is 3. The van der Waals surface area contributed by atoms with Crippen LogP contribution in [-0.2, 0) is 0 Å². The number of hydrogen-bond donors (Lipinski definition) is 4. The average Bonchev–Trinajstić information content (AvgIpc) is 3.72. The molecule has 0 saturated carbocycles. The van der Waals surface area contributed by atoms with Gasteiger partial charge in [0.2, 0.25) is 0 Å². The number of hydrogen-bond acceptors (Lipinski definition) is 6. The Morgan fingerprint density at radius 3 is 2.51 bits per heavy atom. The van der Waals surface area contributed by atoms with Gasteiger partial charge in [-0.2, -0.15) is 0 Å². The average molecular weight is 572 g/mol. The van der Waals surface area contributed by atoms with Gasteiger partial charge in [0, 0.05) is 35.9 Å². The lowest BCUT2D eigenvalue weighted by atomic mass is 9.83. The van der Waals surface area contributed by atoms with E-state index in [1.807, 2.05) is 53.2 Å². The molecule has 4 N–H and O–H groups in total. The molecule has 43 heavy (non-hydrogen) atoms. The van der Waals surface area contributed by atoms with Crippen LogP contribution < -0.4 is 10.9 Å². The van der Waals surface area contributed by atoms with E-state index >= 15 is 0 Å². The number of pyridine rings is 1. The van der Waals surface area contributed by atoms with Gasteiger partial charge in [-0.25, -0.2) is 14.8 Å². The van der Waals surface area contributed by atoms with Crippen LogP contribution in [0.25, 0.3) is 50.1 Å². The van der Waals surface area contributed by atoms with E-state index in [2.05, 4.69) is 31.2 Å². The minimum Gasteiger partial charge on any atom is -0.478 e. The highest BCUT2D eigenvalue weighted by molar-refractivity contribution is 6.03. The highest BCUT2D eigenvalue weighted by Gasteiger charge is 2.35. The number of nitrogens with one attached hydrogen (secondary N) is 3. The van der Waals surface area contributed by atoms with E-state index in [4.69, 9.17) is 4.98 Å². The third-order valence-electron chi connectivity index (χ3n) is 8.97. The number of carbonyl (C=O) groups is 1. The van der Waals surface area contributed by atoms with Gasteiger partial charge in [0.25, 0.3) is 5.56 Å². The molecule has 3 aliphatic heterocycles. The third kappa shape index (κ3) is 4.38. The zero-order valence-electron chi connectivity index (χ0n) is 23.2. The number of carboxylic acid groups (broad SMARTS) is 1. The number of fused-ring (bicyclic) bond motifs is 5. The molecular formula is C33H29N7O3.